The maximum absolute atomic E-state index is 13.7. The van der Waals surface area contributed by atoms with Crippen molar-refractivity contribution in [2.45, 2.75) is 20.4 Å². The van der Waals surface area contributed by atoms with E-state index in [0.717, 1.165) is 5.82 Å². The van der Waals surface area contributed by atoms with Gasteiger partial charge in [0.2, 0.25) is 0 Å². The number of nitrogens with zero attached hydrogens (tertiary/aromatic N) is 2. The van der Waals surface area contributed by atoms with Crippen molar-refractivity contribution in [3.63, 3.8) is 0 Å². The molecule has 0 fully saturated rings. The second-order valence-electron chi connectivity index (χ2n) is 3.76. The molecule has 2 N–H and O–H groups in total. The smallest absolute Gasteiger partial charge is 0.132 e. The highest BCUT2D eigenvalue weighted by Gasteiger charge is 2.16. The van der Waals surface area contributed by atoms with E-state index in [2.05, 4.69) is 4.98 Å². The van der Waals surface area contributed by atoms with Crippen LogP contribution in [0.25, 0.3) is 11.3 Å². The van der Waals surface area contributed by atoms with E-state index in [4.69, 9.17) is 17.3 Å². The number of anilines is 1. The zero-order valence-corrected chi connectivity index (χ0v) is 10.4. The van der Waals surface area contributed by atoms with Crippen molar-refractivity contribution in [1.82, 2.24) is 9.55 Å². The van der Waals surface area contributed by atoms with Gasteiger partial charge in [0.1, 0.15) is 23.2 Å². The molecule has 3 nitrogen and oxygen atoms in total. The van der Waals surface area contributed by atoms with Gasteiger partial charge in [0, 0.05) is 17.1 Å². The van der Waals surface area contributed by atoms with Crippen LogP contribution in [0.15, 0.2) is 18.2 Å². The Morgan fingerprint density at radius 1 is 1.47 bits per heavy atom. The average Bonchev–Trinajstić information content (AvgIpc) is 2.57. The second kappa shape index (κ2) is 4.37. The number of benzene rings is 1. The van der Waals surface area contributed by atoms with Crippen molar-refractivity contribution in [3.8, 4) is 11.3 Å². The van der Waals surface area contributed by atoms with Crippen molar-refractivity contribution in [2.24, 2.45) is 0 Å². The molecule has 0 aliphatic carbocycles. The Labute approximate surface area is 104 Å². The van der Waals surface area contributed by atoms with Gasteiger partial charge in [-0.1, -0.05) is 11.6 Å². The van der Waals surface area contributed by atoms with E-state index in [9.17, 15) is 4.39 Å². The third-order valence-electron chi connectivity index (χ3n) is 2.70. The van der Waals surface area contributed by atoms with Crippen LogP contribution in [0.4, 0.5) is 10.2 Å². The van der Waals surface area contributed by atoms with Gasteiger partial charge in [-0.15, -0.1) is 0 Å². The summed E-state index contributed by atoms with van der Waals surface area (Å²) in [6, 6.07) is 4.35. The molecule has 0 unspecified atom stereocenters. The monoisotopic (exact) mass is 253 g/mol. The predicted octanol–water partition coefficient (Wildman–Crippen LogP) is 3.25. The van der Waals surface area contributed by atoms with Crippen LogP contribution in [0.5, 0.6) is 0 Å². The summed E-state index contributed by atoms with van der Waals surface area (Å²) < 4.78 is 15.5. The first-order chi connectivity index (χ1) is 8.04. The van der Waals surface area contributed by atoms with Crippen LogP contribution < -0.4 is 5.73 Å². The summed E-state index contributed by atoms with van der Waals surface area (Å²) in [7, 11) is 0. The Morgan fingerprint density at radius 3 is 2.76 bits per heavy atom. The third-order valence-corrected chi connectivity index (χ3v) is 2.93. The van der Waals surface area contributed by atoms with Gasteiger partial charge in [0.25, 0.3) is 0 Å². The van der Waals surface area contributed by atoms with Crippen LogP contribution in [0.2, 0.25) is 5.02 Å². The number of aryl methyl sites for hydroxylation is 1. The van der Waals surface area contributed by atoms with Gasteiger partial charge in [-0.25, -0.2) is 9.37 Å². The summed E-state index contributed by atoms with van der Waals surface area (Å²) >= 11 is 5.86. The van der Waals surface area contributed by atoms with E-state index in [0.29, 0.717) is 28.6 Å². The number of nitrogens with two attached hydrogens (primary N) is 1. The number of aromatic nitrogens is 2. The molecule has 0 spiro atoms. The Morgan fingerprint density at radius 2 is 2.18 bits per heavy atom. The fourth-order valence-corrected chi connectivity index (χ4v) is 2.03. The maximum Gasteiger partial charge on any atom is 0.132 e. The zero-order valence-electron chi connectivity index (χ0n) is 9.67. The van der Waals surface area contributed by atoms with Crippen molar-refractivity contribution >= 4 is 17.4 Å². The molecule has 0 atom stereocenters. The first kappa shape index (κ1) is 11.9. The van der Waals surface area contributed by atoms with Gasteiger partial charge in [0.05, 0.1) is 0 Å². The molecule has 2 rings (SSSR count). The summed E-state index contributed by atoms with van der Waals surface area (Å²) in [5, 5.41) is 0.463. The van der Waals surface area contributed by atoms with E-state index in [1.54, 1.807) is 0 Å². The van der Waals surface area contributed by atoms with Gasteiger partial charge in [-0.3, -0.25) is 0 Å². The largest absolute Gasteiger partial charge is 0.383 e. The Kier molecular flexibility index (Phi) is 3.07. The highest BCUT2D eigenvalue weighted by molar-refractivity contribution is 6.30. The molecule has 1 aromatic heterocycles. The highest BCUT2D eigenvalue weighted by Crippen LogP contribution is 2.30. The van der Waals surface area contributed by atoms with E-state index >= 15 is 0 Å². The molecule has 1 aromatic carbocycles. The third kappa shape index (κ3) is 2.00. The maximum atomic E-state index is 13.7. The topological polar surface area (TPSA) is 43.8 Å². The molecule has 0 saturated heterocycles. The molecular formula is C12H13ClFN3. The molecule has 90 valence electrons. The van der Waals surface area contributed by atoms with Gasteiger partial charge < -0.3 is 10.3 Å². The van der Waals surface area contributed by atoms with Crippen molar-refractivity contribution in [2.75, 3.05) is 5.73 Å². The lowest BCUT2D eigenvalue weighted by molar-refractivity contribution is 0.631. The first-order valence-corrected chi connectivity index (χ1v) is 5.70. The van der Waals surface area contributed by atoms with Crippen molar-refractivity contribution in [1.29, 1.82) is 0 Å². The summed E-state index contributed by atoms with van der Waals surface area (Å²) in [5.74, 6) is 0.854. The first-order valence-electron chi connectivity index (χ1n) is 5.32. The van der Waals surface area contributed by atoms with Gasteiger partial charge >= 0.3 is 0 Å². The van der Waals surface area contributed by atoms with Crippen molar-refractivity contribution in [3.05, 3.63) is 34.9 Å². The minimum absolute atomic E-state index is 0.338. The van der Waals surface area contributed by atoms with Crippen LogP contribution in [0.3, 0.4) is 0 Å². The standard InChI is InChI=1S/C12H13ClFN3/c1-3-17-7(2)16-11(12(17)15)9-6-8(13)4-5-10(9)14/h4-6H,3,15H2,1-2H3. The quantitative estimate of drug-likeness (QED) is 0.893. The summed E-state index contributed by atoms with van der Waals surface area (Å²) in [6.45, 7) is 4.50. The van der Waals surface area contributed by atoms with Crippen molar-refractivity contribution < 1.29 is 4.39 Å². The fourth-order valence-electron chi connectivity index (χ4n) is 1.86. The highest BCUT2D eigenvalue weighted by atomic mass is 35.5. The zero-order chi connectivity index (χ0) is 12.6. The Balaban J connectivity index is 2.64. The minimum Gasteiger partial charge on any atom is -0.383 e. The number of nitrogen functional groups attached to an aromatic ring is 1. The van der Waals surface area contributed by atoms with E-state index in [1.165, 1.54) is 18.2 Å². The lowest BCUT2D eigenvalue weighted by Crippen LogP contribution is -2.02. The van der Waals surface area contributed by atoms with Gasteiger partial charge in [-0.05, 0) is 32.0 Å². The molecule has 5 heteroatoms. The molecule has 17 heavy (non-hydrogen) atoms. The molecular weight excluding hydrogens is 241 g/mol. The van der Waals surface area contributed by atoms with E-state index in [1.807, 2.05) is 18.4 Å². The molecule has 0 aliphatic rings. The fraction of sp³-hybridized carbons (Fsp3) is 0.250. The molecule has 0 bridgehead atoms. The van der Waals surface area contributed by atoms with E-state index < -0.39 is 0 Å². The molecule has 2 aromatic rings. The summed E-state index contributed by atoms with van der Waals surface area (Å²) in [4.78, 5) is 4.29. The van der Waals surface area contributed by atoms with Crippen LogP contribution in [0.1, 0.15) is 12.7 Å². The molecule has 0 amide bonds. The van der Waals surface area contributed by atoms with E-state index in [-0.39, 0.29) is 5.82 Å². The molecule has 0 aliphatic heterocycles. The lowest BCUT2D eigenvalue weighted by atomic mass is 10.1. The normalized spacial score (nSPS) is 10.8. The minimum atomic E-state index is -0.373. The van der Waals surface area contributed by atoms with Crippen LogP contribution >= 0.6 is 11.6 Å². The number of rotatable bonds is 2. The predicted molar refractivity (Wildman–Crippen MR) is 67.5 cm³/mol. The summed E-state index contributed by atoms with van der Waals surface area (Å²) in [5.41, 5.74) is 6.74. The second-order valence-corrected chi connectivity index (χ2v) is 4.20. The molecule has 0 saturated carbocycles. The number of imidazole rings is 1. The van der Waals surface area contributed by atoms with Crippen LogP contribution in [-0.2, 0) is 6.54 Å². The number of halogens is 2. The SMILES string of the molecule is CCn1c(C)nc(-c2cc(Cl)ccc2F)c1N. The molecule has 0 radical (unpaired) electrons. The Bertz CT molecular complexity index is 563. The average molecular weight is 254 g/mol. The van der Waals surface area contributed by atoms with Gasteiger partial charge in [-0.2, -0.15) is 0 Å². The van der Waals surface area contributed by atoms with Gasteiger partial charge in [0.15, 0.2) is 0 Å². The molecule has 1 heterocycles. The lowest BCUT2D eigenvalue weighted by Gasteiger charge is -2.04. The Hall–Kier alpha value is -1.55. The van der Waals surface area contributed by atoms with Crippen LogP contribution in [0, 0.1) is 12.7 Å². The summed E-state index contributed by atoms with van der Waals surface area (Å²) in [6.07, 6.45) is 0. The number of hydrogen-bond acceptors (Lipinski definition) is 2. The number of hydrogen-bond donors (Lipinski definition) is 1. The van der Waals surface area contributed by atoms with Crippen LogP contribution in [-0.4, -0.2) is 9.55 Å².